The van der Waals surface area contributed by atoms with Crippen LogP contribution in [0.3, 0.4) is 0 Å². The fourth-order valence-electron chi connectivity index (χ4n) is 2.28. The summed E-state index contributed by atoms with van der Waals surface area (Å²) in [5.41, 5.74) is 2.34. The molecule has 1 aliphatic heterocycles. The summed E-state index contributed by atoms with van der Waals surface area (Å²) in [5.74, 6) is 0. The molecular formula is C13H14BrN3. The van der Waals surface area contributed by atoms with Crippen molar-refractivity contribution in [3.8, 4) is 0 Å². The lowest BCUT2D eigenvalue weighted by atomic mass is 10.1. The Hall–Kier alpha value is -1.13. The second-order valence-corrected chi connectivity index (χ2v) is 5.16. The Labute approximate surface area is 109 Å². The first-order chi connectivity index (χ1) is 8.34. The van der Waals surface area contributed by atoms with Crippen molar-refractivity contribution in [2.45, 2.75) is 0 Å². The molecule has 3 rings (SSSR count). The summed E-state index contributed by atoms with van der Waals surface area (Å²) in [4.78, 5) is 6.95. The molecule has 2 aromatic rings. The number of piperazine rings is 1. The average molecular weight is 292 g/mol. The summed E-state index contributed by atoms with van der Waals surface area (Å²) < 4.78 is 1.03. The molecule has 4 heteroatoms. The predicted molar refractivity (Wildman–Crippen MR) is 74.5 cm³/mol. The number of rotatable bonds is 1. The Kier molecular flexibility index (Phi) is 2.99. The van der Waals surface area contributed by atoms with Gasteiger partial charge in [-0.15, -0.1) is 0 Å². The van der Waals surface area contributed by atoms with Gasteiger partial charge in [0.25, 0.3) is 0 Å². The molecule has 88 valence electrons. The van der Waals surface area contributed by atoms with Gasteiger partial charge in [-0.3, -0.25) is 4.98 Å². The topological polar surface area (TPSA) is 28.2 Å². The van der Waals surface area contributed by atoms with Gasteiger partial charge in [0.05, 0.1) is 11.2 Å². The van der Waals surface area contributed by atoms with E-state index in [2.05, 4.69) is 55.4 Å². The highest BCUT2D eigenvalue weighted by molar-refractivity contribution is 9.10. The van der Waals surface area contributed by atoms with E-state index in [4.69, 9.17) is 0 Å². The number of aromatic nitrogens is 1. The van der Waals surface area contributed by atoms with Crippen LogP contribution >= 0.6 is 15.9 Å². The summed E-state index contributed by atoms with van der Waals surface area (Å²) in [6.45, 7) is 4.20. The molecule has 0 saturated carbocycles. The molecule has 0 spiro atoms. The molecule has 1 aromatic carbocycles. The van der Waals surface area contributed by atoms with Crippen LogP contribution in [-0.2, 0) is 0 Å². The van der Waals surface area contributed by atoms with Crippen molar-refractivity contribution in [2.24, 2.45) is 0 Å². The number of para-hydroxylation sites is 1. The van der Waals surface area contributed by atoms with Crippen LogP contribution in [0.2, 0.25) is 0 Å². The number of hydrogen-bond acceptors (Lipinski definition) is 3. The second kappa shape index (κ2) is 4.63. The molecule has 0 bridgehead atoms. The molecule has 1 aromatic heterocycles. The van der Waals surface area contributed by atoms with E-state index >= 15 is 0 Å². The third-order valence-electron chi connectivity index (χ3n) is 3.11. The zero-order valence-corrected chi connectivity index (χ0v) is 11.1. The molecule has 1 fully saturated rings. The number of anilines is 1. The molecule has 0 unspecified atom stereocenters. The Morgan fingerprint density at radius 1 is 1.24 bits per heavy atom. The lowest BCUT2D eigenvalue weighted by molar-refractivity contribution is 0.590. The minimum Gasteiger partial charge on any atom is -0.367 e. The monoisotopic (exact) mass is 291 g/mol. The van der Waals surface area contributed by atoms with Crippen molar-refractivity contribution < 1.29 is 0 Å². The molecule has 0 atom stereocenters. The van der Waals surface area contributed by atoms with Gasteiger partial charge in [-0.25, -0.2) is 0 Å². The van der Waals surface area contributed by atoms with Crippen LogP contribution < -0.4 is 10.2 Å². The third-order valence-corrected chi connectivity index (χ3v) is 3.55. The van der Waals surface area contributed by atoms with E-state index in [9.17, 15) is 0 Å². The van der Waals surface area contributed by atoms with Crippen molar-refractivity contribution in [3.63, 3.8) is 0 Å². The van der Waals surface area contributed by atoms with Crippen molar-refractivity contribution in [1.82, 2.24) is 10.3 Å². The largest absolute Gasteiger partial charge is 0.367 e. The van der Waals surface area contributed by atoms with Gasteiger partial charge in [-0.1, -0.05) is 12.1 Å². The highest BCUT2D eigenvalue weighted by Crippen LogP contribution is 2.26. The van der Waals surface area contributed by atoms with E-state index in [1.54, 1.807) is 0 Å². The Morgan fingerprint density at radius 2 is 2.06 bits per heavy atom. The summed E-state index contributed by atoms with van der Waals surface area (Å²) in [6.07, 6.45) is 1.87. The van der Waals surface area contributed by atoms with Crippen molar-refractivity contribution in [2.75, 3.05) is 31.1 Å². The van der Waals surface area contributed by atoms with Crippen LogP contribution in [-0.4, -0.2) is 31.2 Å². The zero-order valence-electron chi connectivity index (χ0n) is 9.49. The maximum absolute atomic E-state index is 4.55. The van der Waals surface area contributed by atoms with Crippen molar-refractivity contribution >= 4 is 32.5 Å². The number of nitrogens with zero attached hydrogens (tertiary/aromatic N) is 2. The van der Waals surface area contributed by atoms with Gasteiger partial charge in [0.15, 0.2) is 0 Å². The van der Waals surface area contributed by atoms with Crippen LogP contribution in [0.4, 0.5) is 5.69 Å². The molecule has 1 aliphatic rings. The van der Waals surface area contributed by atoms with Crippen LogP contribution in [0.5, 0.6) is 0 Å². The van der Waals surface area contributed by atoms with Crippen molar-refractivity contribution in [1.29, 1.82) is 0 Å². The van der Waals surface area contributed by atoms with E-state index in [-0.39, 0.29) is 0 Å². The van der Waals surface area contributed by atoms with Gasteiger partial charge in [0.1, 0.15) is 0 Å². The number of halogens is 1. The van der Waals surface area contributed by atoms with Crippen molar-refractivity contribution in [3.05, 3.63) is 34.9 Å². The molecule has 0 aliphatic carbocycles. The number of benzene rings is 1. The second-order valence-electron chi connectivity index (χ2n) is 4.24. The molecule has 17 heavy (non-hydrogen) atoms. The van der Waals surface area contributed by atoms with Crippen LogP contribution in [0.15, 0.2) is 34.9 Å². The molecule has 1 saturated heterocycles. The van der Waals surface area contributed by atoms with Gasteiger partial charge < -0.3 is 10.2 Å². The summed E-state index contributed by atoms with van der Waals surface area (Å²) in [7, 11) is 0. The van der Waals surface area contributed by atoms with E-state index in [0.717, 1.165) is 36.2 Å². The van der Waals surface area contributed by atoms with E-state index in [0.29, 0.717) is 0 Å². The lowest BCUT2D eigenvalue weighted by Gasteiger charge is -2.30. The van der Waals surface area contributed by atoms with Crippen LogP contribution in [0, 0.1) is 0 Å². The minimum absolute atomic E-state index is 1.03. The predicted octanol–water partition coefficient (Wildman–Crippen LogP) is 2.41. The van der Waals surface area contributed by atoms with E-state index in [1.807, 2.05) is 6.20 Å². The normalized spacial score (nSPS) is 16.4. The number of nitrogens with one attached hydrogen (secondary N) is 1. The SMILES string of the molecule is Brc1cnc2c(N3CCNCC3)cccc2c1. The zero-order chi connectivity index (χ0) is 11.7. The summed E-state index contributed by atoms with van der Waals surface area (Å²) in [5, 5.41) is 4.56. The molecule has 1 N–H and O–H groups in total. The number of fused-ring (bicyclic) bond motifs is 1. The highest BCUT2D eigenvalue weighted by Gasteiger charge is 2.13. The first kappa shape index (κ1) is 11.0. The molecule has 0 amide bonds. The maximum atomic E-state index is 4.55. The third kappa shape index (κ3) is 2.15. The van der Waals surface area contributed by atoms with E-state index < -0.39 is 0 Å². The maximum Gasteiger partial charge on any atom is 0.0936 e. The van der Waals surface area contributed by atoms with Gasteiger partial charge in [0.2, 0.25) is 0 Å². The van der Waals surface area contributed by atoms with Gasteiger partial charge in [-0.2, -0.15) is 0 Å². The standard InChI is InChI=1S/C13H14BrN3/c14-11-8-10-2-1-3-12(13(10)16-9-11)17-6-4-15-5-7-17/h1-3,8-9,15H,4-7H2. The quantitative estimate of drug-likeness (QED) is 0.875. The summed E-state index contributed by atoms with van der Waals surface area (Å²) in [6, 6.07) is 8.50. The van der Waals surface area contributed by atoms with Gasteiger partial charge in [0, 0.05) is 42.2 Å². The fraction of sp³-hybridized carbons (Fsp3) is 0.308. The number of hydrogen-bond donors (Lipinski definition) is 1. The fourth-order valence-corrected chi connectivity index (χ4v) is 2.63. The average Bonchev–Trinajstić information content (AvgIpc) is 2.39. The van der Waals surface area contributed by atoms with Gasteiger partial charge >= 0.3 is 0 Å². The molecule has 2 heterocycles. The molecule has 0 radical (unpaired) electrons. The van der Waals surface area contributed by atoms with Crippen LogP contribution in [0.25, 0.3) is 10.9 Å². The Morgan fingerprint density at radius 3 is 2.88 bits per heavy atom. The lowest BCUT2D eigenvalue weighted by Crippen LogP contribution is -2.43. The van der Waals surface area contributed by atoms with Gasteiger partial charge in [-0.05, 0) is 28.1 Å². The highest BCUT2D eigenvalue weighted by atomic mass is 79.9. The summed E-state index contributed by atoms with van der Waals surface area (Å²) >= 11 is 3.47. The number of pyridine rings is 1. The first-order valence-corrected chi connectivity index (χ1v) is 6.64. The minimum atomic E-state index is 1.03. The smallest absolute Gasteiger partial charge is 0.0936 e. The Bertz CT molecular complexity index is 535. The van der Waals surface area contributed by atoms with Crippen LogP contribution in [0.1, 0.15) is 0 Å². The molecular weight excluding hydrogens is 278 g/mol. The first-order valence-electron chi connectivity index (χ1n) is 5.84. The van der Waals surface area contributed by atoms with E-state index in [1.165, 1.54) is 11.1 Å². The Balaban J connectivity index is 2.09. The molecule has 3 nitrogen and oxygen atoms in total.